The summed E-state index contributed by atoms with van der Waals surface area (Å²) in [6.45, 7) is 3.95. The zero-order valence-electron chi connectivity index (χ0n) is 11.6. The molecule has 2 N–H and O–H groups in total. The largest absolute Gasteiger partial charge is 0.369 e. The predicted molar refractivity (Wildman–Crippen MR) is 74.1 cm³/mol. The lowest BCUT2D eigenvalue weighted by Gasteiger charge is -2.36. The first-order chi connectivity index (χ1) is 8.99. The zero-order valence-corrected chi connectivity index (χ0v) is 11.6. The topological polar surface area (TPSA) is 74.3 Å². The van der Waals surface area contributed by atoms with Crippen LogP contribution < -0.4 is 5.73 Å². The second kappa shape index (κ2) is 4.21. The van der Waals surface area contributed by atoms with E-state index in [-0.39, 0.29) is 11.9 Å². The lowest BCUT2D eigenvalue weighted by atomic mass is 9.88. The minimum Gasteiger partial charge on any atom is -0.369 e. The van der Waals surface area contributed by atoms with Crippen LogP contribution in [0.1, 0.15) is 32.6 Å². The van der Waals surface area contributed by atoms with E-state index < -0.39 is 5.54 Å². The Hall–Kier alpha value is -1.59. The highest BCUT2D eigenvalue weighted by atomic mass is 16.2. The molecule has 0 aliphatic carbocycles. The Morgan fingerprint density at radius 3 is 2.89 bits per heavy atom. The Labute approximate surface area is 113 Å². The van der Waals surface area contributed by atoms with Crippen molar-refractivity contribution in [1.29, 1.82) is 0 Å². The van der Waals surface area contributed by atoms with Gasteiger partial charge in [0.25, 0.3) is 0 Å². The summed E-state index contributed by atoms with van der Waals surface area (Å²) in [4.78, 5) is 25.1. The third-order valence-corrected chi connectivity index (χ3v) is 4.46. The van der Waals surface area contributed by atoms with Gasteiger partial charge in [0.15, 0.2) is 5.96 Å². The van der Waals surface area contributed by atoms with E-state index in [2.05, 4.69) is 9.89 Å². The van der Waals surface area contributed by atoms with Crippen molar-refractivity contribution < 1.29 is 4.79 Å². The number of nitrogens with zero attached hydrogens (tertiary/aromatic N) is 4. The summed E-state index contributed by atoms with van der Waals surface area (Å²) in [6, 6.07) is 0.0526. The number of nitrogens with two attached hydrogens (primary N) is 1. The number of carbonyl (C=O) groups is 1. The summed E-state index contributed by atoms with van der Waals surface area (Å²) < 4.78 is 0. The van der Waals surface area contributed by atoms with Crippen molar-refractivity contribution in [3.63, 3.8) is 0 Å². The number of piperidine rings is 1. The van der Waals surface area contributed by atoms with Gasteiger partial charge in [-0.2, -0.15) is 0 Å². The number of aliphatic imine (C=N–C) groups is 2. The molecule has 104 valence electrons. The Balaban J connectivity index is 1.86. The number of amides is 1. The average molecular weight is 263 g/mol. The fourth-order valence-electron chi connectivity index (χ4n) is 3.10. The standard InChI is InChI=1S/C13H21N5O/c1-13(7-11(19)17(2)12(14)16-13)9-8-18-6-4-3-5-10(18)15-9/h9H,3-8H2,1-2H3,(H2,14,16)/t9?,13-/m0/s1. The quantitative estimate of drug-likeness (QED) is 0.734. The van der Waals surface area contributed by atoms with Gasteiger partial charge in [-0.05, 0) is 19.8 Å². The lowest BCUT2D eigenvalue weighted by molar-refractivity contribution is -0.128. The summed E-state index contributed by atoms with van der Waals surface area (Å²) in [5.41, 5.74) is 5.36. The number of guanidine groups is 1. The molecule has 0 spiro atoms. The van der Waals surface area contributed by atoms with Gasteiger partial charge >= 0.3 is 0 Å². The molecule has 3 aliphatic rings. The maximum atomic E-state index is 12.0. The fourth-order valence-corrected chi connectivity index (χ4v) is 3.10. The normalized spacial score (nSPS) is 35.1. The third-order valence-electron chi connectivity index (χ3n) is 4.46. The van der Waals surface area contributed by atoms with Crippen molar-refractivity contribution in [2.45, 2.75) is 44.2 Å². The van der Waals surface area contributed by atoms with Gasteiger partial charge in [0, 0.05) is 26.6 Å². The molecule has 19 heavy (non-hydrogen) atoms. The number of amidine groups is 1. The number of rotatable bonds is 1. The van der Waals surface area contributed by atoms with Crippen LogP contribution in [0.3, 0.4) is 0 Å². The molecule has 6 heteroatoms. The van der Waals surface area contributed by atoms with Crippen molar-refractivity contribution in [3.05, 3.63) is 0 Å². The highest BCUT2D eigenvalue weighted by molar-refractivity contribution is 5.99. The van der Waals surface area contributed by atoms with E-state index in [9.17, 15) is 4.79 Å². The van der Waals surface area contributed by atoms with Crippen LogP contribution in [0.15, 0.2) is 9.98 Å². The van der Waals surface area contributed by atoms with E-state index in [1.165, 1.54) is 23.6 Å². The van der Waals surface area contributed by atoms with Crippen LogP contribution in [-0.4, -0.2) is 59.2 Å². The van der Waals surface area contributed by atoms with E-state index in [4.69, 9.17) is 10.7 Å². The summed E-state index contributed by atoms with van der Waals surface area (Å²) in [5, 5.41) is 0. The summed E-state index contributed by atoms with van der Waals surface area (Å²) in [7, 11) is 1.67. The van der Waals surface area contributed by atoms with Crippen molar-refractivity contribution >= 4 is 17.7 Å². The van der Waals surface area contributed by atoms with Crippen molar-refractivity contribution in [2.75, 3.05) is 20.1 Å². The molecule has 3 aliphatic heterocycles. The van der Waals surface area contributed by atoms with Gasteiger partial charge in [0.05, 0.1) is 23.8 Å². The van der Waals surface area contributed by atoms with Crippen LogP contribution in [0.25, 0.3) is 0 Å². The van der Waals surface area contributed by atoms with Crippen LogP contribution in [0.5, 0.6) is 0 Å². The number of fused-ring (bicyclic) bond motifs is 1. The molecular formula is C13H21N5O. The van der Waals surface area contributed by atoms with Crippen molar-refractivity contribution in [3.8, 4) is 0 Å². The molecule has 0 aromatic heterocycles. The van der Waals surface area contributed by atoms with Crippen LogP contribution in [0.2, 0.25) is 0 Å². The van der Waals surface area contributed by atoms with Crippen LogP contribution in [0, 0.1) is 0 Å². The molecule has 1 amide bonds. The lowest BCUT2D eigenvalue weighted by Crippen LogP contribution is -2.53. The Morgan fingerprint density at radius 2 is 2.21 bits per heavy atom. The number of hydrogen-bond acceptors (Lipinski definition) is 5. The Kier molecular flexibility index (Phi) is 2.76. The zero-order chi connectivity index (χ0) is 13.6. The fraction of sp³-hybridized carbons (Fsp3) is 0.769. The summed E-state index contributed by atoms with van der Waals surface area (Å²) in [6.07, 6.45) is 3.89. The van der Waals surface area contributed by atoms with E-state index in [1.54, 1.807) is 7.05 Å². The molecule has 2 atom stereocenters. The Morgan fingerprint density at radius 1 is 1.42 bits per heavy atom. The van der Waals surface area contributed by atoms with Crippen LogP contribution in [-0.2, 0) is 4.79 Å². The third kappa shape index (κ3) is 1.99. The highest BCUT2D eigenvalue weighted by Crippen LogP contribution is 2.32. The van der Waals surface area contributed by atoms with Gasteiger partial charge in [-0.1, -0.05) is 0 Å². The molecule has 3 rings (SSSR count). The molecule has 0 bridgehead atoms. The van der Waals surface area contributed by atoms with E-state index >= 15 is 0 Å². The molecule has 0 radical (unpaired) electrons. The van der Waals surface area contributed by atoms with Gasteiger partial charge in [-0.25, -0.2) is 4.99 Å². The first kappa shape index (κ1) is 12.4. The average Bonchev–Trinajstić information content (AvgIpc) is 2.80. The van der Waals surface area contributed by atoms with E-state index in [1.807, 2.05) is 6.92 Å². The highest BCUT2D eigenvalue weighted by Gasteiger charge is 2.44. The second-order valence-electron chi connectivity index (χ2n) is 5.92. The molecule has 0 saturated carbocycles. The Bertz CT molecular complexity index is 472. The van der Waals surface area contributed by atoms with E-state index in [0.29, 0.717) is 12.4 Å². The molecule has 0 aromatic rings. The first-order valence-electron chi connectivity index (χ1n) is 6.93. The van der Waals surface area contributed by atoms with Crippen LogP contribution >= 0.6 is 0 Å². The van der Waals surface area contributed by atoms with Crippen molar-refractivity contribution in [2.24, 2.45) is 15.7 Å². The SMILES string of the molecule is CN1C(=O)C[C@@](C)(C2CN3CCCCC3=N2)N=C1N. The number of hydrogen-bond donors (Lipinski definition) is 1. The molecular weight excluding hydrogens is 242 g/mol. The maximum absolute atomic E-state index is 12.0. The molecule has 1 fully saturated rings. The number of carbonyl (C=O) groups excluding carboxylic acids is 1. The van der Waals surface area contributed by atoms with Gasteiger partial charge in [0.2, 0.25) is 5.91 Å². The first-order valence-corrected chi connectivity index (χ1v) is 6.93. The maximum Gasteiger partial charge on any atom is 0.231 e. The second-order valence-corrected chi connectivity index (χ2v) is 5.92. The van der Waals surface area contributed by atoms with Crippen molar-refractivity contribution in [1.82, 2.24) is 9.80 Å². The molecule has 1 saturated heterocycles. The molecule has 6 nitrogen and oxygen atoms in total. The van der Waals surface area contributed by atoms with E-state index in [0.717, 1.165) is 19.5 Å². The predicted octanol–water partition coefficient (Wildman–Crippen LogP) is 0.189. The molecule has 1 unspecified atom stereocenters. The molecule has 3 heterocycles. The molecule has 0 aromatic carbocycles. The minimum absolute atomic E-state index is 0.0278. The van der Waals surface area contributed by atoms with Gasteiger partial charge < -0.3 is 10.6 Å². The summed E-state index contributed by atoms with van der Waals surface area (Å²) >= 11 is 0. The van der Waals surface area contributed by atoms with Gasteiger partial charge in [-0.3, -0.25) is 14.7 Å². The van der Waals surface area contributed by atoms with Crippen LogP contribution in [0.4, 0.5) is 0 Å². The summed E-state index contributed by atoms with van der Waals surface area (Å²) in [5.74, 6) is 1.53. The minimum atomic E-state index is -0.488. The van der Waals surface area contributed by atoms with Gasteiger partial charge in [0.1, 0.15) is 0 Å². The van der Waals surface area contributed by atoms with Gasteiger partial charge in [-0.15, -0.1) is 0 Å². The smallest absolute Gasteiger partial charge is 0.231 e. The monoisotopic (exact) mass is 263 g/mol.